The average Bonchev–Trinajstić information content (AvgIpc) is 2.39. The van der Waals surface area contributed by atoms with Crippen molar-refractivity contribution in [2.24, 2.45) is 0 Å². The highest BCUT2D eigenvalue weighted by molar-refractivity contribution is 5.69. The molecule has 5 heteroatoms. The maximum absolute atomic E-state index is 13.7. The number of rotatable bonds is 6. The number of hydrogen-bond acceptors (Lipinski definition) is 4. The lowest BCUT2D eigenvalue weighted by atomic mass is 10.1. The van der Waals surface area contributed by atoms with Gasteiger partial charge in [0.2, 0.25) is 0 Å². The minimum Gasteiger partial charge on any atom is -0.490 e. The van der Waals surface area contributed by atoms with E-state index >= 15 is 0 Å². The Bertz CT molecular complexity index is 409. The third kappa shape index (κ3) is 4.00. The standard InChI is InChI=1S/C13H18FNO3/c1-9(15-2)10-4-5-12(11(14)8-10)18-7-6-13(16)17-3/h4-5,8-9,15H,6-7H2,1-3H3. The van der Waals surface area contributed by atoms with E-state index < -0.39 is 5.82 Å². The van der Waals surface area contributed by atoms with Gasteiger partial charge in [0.15, 0.2) is 11.6 Å². The van der Waals surface area contributed by atoms with Crippen LogP contribution < -0.4 is 10.1 Å². The van der Waals surface area contributed by atoms with E-state index in [0.717, 1.165) is 5.56 Å². The van der Waals surface area contributed by atoms with Crippen LogP contribution in [0.15, 0.2) is 18.2 Å². The summed E-state index contributed by atoms with van der Waals surface area (Å²) >= 11 is 0. The number of benzene rings is 1. The van der Waals surface area contributed by atoms with E-state index in [1.54, 1.807) is 12.1 Å². The highest BCUT2D eigenvalue weighted by Crippen LogP contribution is 2.22. The van der Waals surface area contributed by atoms with E-state index in [1.807, 2.05) is 14.0 Å². The van der Waals surface area contributed by atoms with Crippen LogP contribution in [0, 0.1) is 5.82 Å². The SMILES string of the molecule is CNC(C)c1ccc(OCCC(=O)OC)c(F)c1. The van der Waals surface area contributed by atoms with Crippen molar-refractivity contribution >= 4 is 5.97 Å². The van der Waals surface area contributed by atoms with Gasteiger partial charge in [0.1, 0.15) is 0 Å². The molecular weight excluding hydrogens is 237 g/mol. The molecule has 0 bridgehead atoms. The minimum absolute atomic E-state index is 0.0728. The van der Waals surface area contributed by atoms with Crippen molar-refractivity contribution in [1.29, 1.82) is 0 Å². The van der Waals surface area contributed by atoms with Gasteiger partial charge in [-0.25, -0.2) is 4.39 Å². The van der Waals surface area contributed by atoms with Crippen LogP contribution >= 0.6 is 0 Å². The van der Waals surface area contributed by atoms with Crippen molar-refractivity contribution in [2.45, 2.75) is 19.4 Å². The lowest BCUT2D eigenvalue weighted by molar-refractivity contribution is -0.141. The van der Waals surface area contributed by atoms with Crippen LogP contribution in [0.5, 0.6) is 5.75 Å². The van der Waals surface area contributed by atoms with Crippen molar-refractivity contribution in [2.75, 3.05) is 20.8 Å². The molecule has 0 radical (unpaired) electrons. The van der Waals surface area contributed by atoms with Crippen molar-refractivity contribution in [3.8, 4) is 5.75 Å². The number of methoxy groups -OCH3 is 1. The van der Waals surface area contributed by atoms with Gasteiger partial charge in [0.25, 0.3) is 0 Å². The van der Waals surface area contributed by atoms with Gasteiger partial charge in [-0.15, -0.1) is 0 Å². The zero-order chi connectivity index (χ0) is 13.5. The molecule has 4 nitrogen and oxygen atoms in total. The molecule has 0 fully saturated rings. The molecule has 1 atom stereocenters. The first-order valence-electron chi connectivity index (χ1n) is 5.74. The topological polar surface area (TPSA) is 47.6 Å². The number of ether oxygens (including phenoxy) is 2. The molecule has 1 aromatic carbocycles. The summed E-state index contributed by atoms with van der Waals surface area (Å²) in [6.07, 6.45) is 0.102. The monoisotopic (exact) mass is 255 g/mol. The highest BCUT2D eigenvalue weighted by Gasteiger charge is 2.09. The summed E-state index contributed by atoms with van der Waals surface area (Å²) in [6.45, 7) is 2.04. The van der Waals surface area contributed by atoms with Crippen molar-refractivity contribution in [3.63, 3.8) is 0 Å². The minimum atomic E-state index is -0.431. The molecule has 18 heavy (non-hydrogen) atoms. The van der Waals surface area contributed by atoms with E-state index in [2.05, 4.69) is 10.1 Å². The first-order valence-corrected chi connectivity index (χ1v) is 5.74. The van der Waals surface area contributed by atoms with E-state index in [9.17, 15) is 9.18 Å². The van der Waals surface area contributed by atoms with Crippen molar-refractivity contribution in [3.05, 3.63) is 29.6 Å². The van der Waals surface area contributed by atoms with Gasteiger partial charge in [-0.2, -0.15) is 0 Å². The maximum Gasteiger partial charge on any atom is 0.308 e. The van der Waals surface area contributed by atoms with Crippen LogP contribution in [-0.2, 0) is 9.53 Å². The highest BCUT2D eigenvalue weighted by atomic mass is 19.1. The predicted octanol–water partition coefficient (Wildman–Crippen LogP) is 2.05. The fourth-order valence-corrected chi connectivity index (χ4v) is 1.42. The molecule has 1 unspecified atom stereocenters. The summed E-state index contributed by atoms with van der Waals surface area (Å²) in [5, 5.41) is 3.02. The first kappa shape index (κ1) is 14.4. The third-order valence-corrected chi connectivity index (χ3v) is 2.68. The number of hydrogen-bond donors (Lipinski definition) is 1. The second kappa shape index (κ2) is 6.96. The molecule has 0 spiro atoms. The van der Waals surface area contributed by atoms with Gasteiger partial charge in [0, 0.05) is 6.04 Å². The quantitative estimate of drug-likeness (QED) is 0.790. The Hall–Kier alpha value is -1.62. The number of carbonyl (C=O) groups is 1. The smallest absolute Gasteiger partial charge is 0.308 e. The number of carbonyl (C=O) groups excluding carboxylic acids is 1. The summed E-state index contributed by atoms with van der Waals surface area (Å²) in [6, 6.07) is 4.85. The van der Waals surface area contributed by atoms with E-state index in [4.69, 9.17) is 4.74 Å². The second-order valence-electron chi connectivity index (χ2n) is 3.87. The Morgan fingerprint density at radius 1 is 1.50 bits per heavy atom. The summed E-state index contributed by atoms with van der Waals surface area (Å²) in [5.41, 5.74) is 0.843. The molecular formula is C13H18FNO3. The number of nitrogens with one attached hydrogen (secondary N) is 1. The Morgan fingerprint density at radius 2 is 2.22 bits per heavy atom. The van der Waals surface area contributed by atoms with Gasteiger partial charge in [-0.1, -0.05) is 6.07 Å². The summed E-state index contributed by atoms with van der Waals surface area (Å²) in [5.74, 6) is -0.666. The molecule has 1 aromatic rings. The van der Waals surface area contributed by atoms with Crippen molar-refractivity contribution < 1.29 is 18.7 Å². The zero-order valence-electron chi connectivity index (χ0n) is 10.8. The van der Waals surface area contributed by atoms with Gasteiger partial charge in [0.05, 0.1) is 20.1 Å². The molecule has 0 aliphatic carbocycles. The normalized spacial score (nSPS) is 12.0. The van der Waals surface area contributed by atoms with Crippen LogP contribution in [0.2, 0.25) is 0 Å². The van der Waals surface area contributed by atoms with Gasteiger partial charge < -0.3 is 14.8 Å². The maximum atomic E-state index is 13.7. The Balaban J connectivity index is 2.60. The Kier molecular flexibility index (Phi) is 5.58. The predicted molar refractivity (Wildman–Crippen MR) is 66.0 cm³/mol. The molecule has 0 heterocycles. The van der Waals surface area contributed by atoms with Crippen LogP contribution in [-0.4, -0.2) is 26.7 Å². The fourth-order valence-electron chi connectivity index (χ4n) is 1.42. The van der Waals surface area contributed by atoms with Gasteiger partial charge in [-0.3, -0.25) is 4.79 Å². The number of halogens is 1. The third-order valence-electron chi connectivity index (χ3n) is 2.68. The van der Waals surface area contributed by atoms with Crippen LogP contribution in [0.4, 0.5) is 4.39 Å². The average molecular weight is 255 g/mol. The summed E-state index contributed by atoms with van der Waals surface area (Å²) in [4.78, 5) is 10.9. The largest absolute Gasteiger partial charge is 0.490 e. The summed E-state index contributed by atoms with van der Waals surface area (Å²) in [7, 11) is 3.11. The fraction of sp³-hybridized carbons (Fsp3) is 0.462. The van der Waals surface area contributed by atoms with E-state index in [0.29, 0.717) is 0 Å². The molecule has 0 aliphatic heterocycles. The van der Waals surface area contributed by atoms with E-state index in [1.165, 1.54) is 13.2 Å². The molecule has 0 amide bonds. The molecule has 0 aliphatic rings. The molecule has 0 saturated heterocycles. The number of esters is 1. The zero-order valence-corrected chi connectivity index (χ0v) is 10.8. The molecule has 100 valence electrons. The Morgan fingerprint density at radius 3 is 2.78 bits per heavy atom. The van der Waals surface area contributed by atoms with Crippen LogP contribution in [0.1, 0.15) is 24.9 Å². The first-order chi connectivity index (χ1) is 8.58. The summed E-state index contributed by atoms with van der Waals surface area (Å²) < 4.78 is 23.3. The van der Waals surface area contributed by atoms with E-state index in [-0.39, 0.29) is 30.8 Å². The molecule has 1 N–H and O–H groups in total. The van der Waals surface area contributed by atoms with Crippen LogP contribution in [0.3, 0.4) is 0 Å². The lowest BCUT2D eigenvalue weighted by Crippen LogP contribution is -2.13. The molecule has 0 saturated carbocycles. The Labute approximate surface area is 106 Å². The lowest BCUT2D eigenvalue weighted by Gasteiger charge is -2.12. The molecule has 1 rings (SSSR count). The van der Waals surface area contributed by atoms with Crippen molar-refractivity contribution in [1.82, 2.24) is 5.32 Å². The van der Waals surface area contributed by atoms with Gasteiger partial charge >= 0.3 is 5.97 Å². The molecule has 0 aromatic heterocycles. The van der Waals surface area contributed by atoms with Crippen LogP contribution in [0.25, 0.3) is 0 Å². The second-order valence-corrected chi connectivity index (χ2v) is 3.87. The van der Waals surface area contributed by atoms with Gasteiger partial charge in [-0.05, 0) is 31.7 Å².